The molecule has 3 aromatic rings. The van der Waals surface area contributed by atoms with Crippen molar-refractivity contribution in [2.75, 3.05) is 20.2 Å². The van der Waals surface area contributed by atoms with Gasteiger partial charge in [0.05, 0.1) is 6.61 Å². The number of aromatic amines is 1. The summed E-state index contributed by atoms with van der Waals surface area (Å²) < 4.78 is 5.71. The van der Waals surface area contributed by atoms with Gasteiger partial charge in [-0.1, -0.05) is 43.6 Å². The van der Waals surface area contributed by atoms with Crippen molar-refractivity contribution >= 4 is 34.3 Å². The number of hydrogen-bond acceptors (Lipinski definition) is 3. The molecule has 7 heteroatoms. The fourth-order valence-electron chi connectivity index (χ4n) is 3.46. The molecule has 2 N–H and O–H groups in total. The highest BCUT2D eigenvalue weighted by Crippen LogP contribution is 2.20. The lowest BCUT2D eigenvalue weighted by Crippen LogP contribution is -2.49. The van der Waals surface area contributed by atoms with E-state index in [1.807, 2.05) is 56.4 Å². The van der Waals surface area contributed by atoms with E-state index < -0.39 is 6.04 Å². The minimum absolute atomic E-state index is 0.115. The predicted octanol–water partition coefficient (Wildman–Crippen LogP) is 4.43. The number of aromatic nitrogens is 1. The Morgan fingerprint density at radius 2 is 1.84 bits per heavy atom. The smallest absolute Gasteiger partial charge is 0.245 e. The van der Waals surface area contributed by atoms with Crippen LogP contribution < -0.4 is 10.1 Å². The minimum Gasteiger partial charge on any atom is -0.494 e. The molecule has 1 aromatic heterocycles. The molecule has 0 fully saturated rings. The number of ether oxygens (including phenoxy) is 1. The molecule has 170 valence electrons. The maximum absolute atomic E-state index is 13.2. The van der Waals surface area contributed by atoms with Crippen LogP contribution >= 0.6 is 11.6 Å². The number of likely N-dealkylation sites (N-methyl/N-ethyl adjacent to an activating group) is 1. The number of hydrogen-bond donors (Lipinski definition) is 2. The van der Waals surface area contributed by atoms with Crippen LogP contribution in [0.25, 0.3) is 10.9 Å². The first-order chi connectivity index (χ1) is 15.3. The van der Waals surface area contributed by atoms with E-state index in [1.165, 1.54) is 0 Å². The summed E-state index contributed by atoms with van der Waals surface area (Å²) >= 11 is 5.89. The Labute approximate surface area is 193 Å². The van der Waals surface area contributed by atoms with Crippen molar-refractivity contribution in [3.63, 3.8) is 0 Å². The number of rotatable bonds is 10. The lowest BCUT2D eigenvalue weighted by atomic mass is 10.0. The van der Waals surface area contributed by atoms with Gasteiger partial charge in [-0.2, -0.15) is 0 Å². The first kappa shape index (κ1) is 23.7. The van der Waals surface area contributed by atoms with Crippen LogP contribution in [-0.4, -0.2) is 47.9 Å². The first-order valence-electron chi connectivity index (χ1n) is 10.8. The fourth-order valence-corrected chi connectivity index (χ4v) is 3.58. The fraction of sp³-hybridized carbons (Fsp3) is 0.360. The summed E-state index contributed by atoms with van der Waals surface area (Å²) in [5, 5.41) is 4.65. The van der Waals surface area contributed by atoms with Crippen molar-refractivity contribution in [2.24, 2.45) is 5.92 Å². The molecule has 2 aromatic carbocycles. The molecule has 0 bridgehead atoms. The molecule has 6 nitrogen and oxygen atoms in total. The van der Waals surface area contributed by atoms with Gasteiger partial charge in [-0.25, -0.2) is 0 Å². The molecule has 0 saturated carbocycles. The van der Waals surface area contributed by atoms with Crippen molar-refractivity contribution in [3.05, 3.63) is 65.3 Å². The average Bonchev–Trinajstić information content (AvgIpc) is 3.19. The monoisotopic (exact) mass is 455 g/mol. The largest absolute Gasteiger partial charge is 0.494 e. The highest BCUT2D eigenvalue weighted by atomic mass is 35.5. The van der Waals surface area contributed by atoms with Crippen molar-refractivity contribution in [1.29, 1.82) is 0 Å². The van der Waals surface area contributed by atoms with Crippen LogP contribution in [0, 0.1) is 5.92 Å². The highest BCUT2D eigenvalue weighted by Gasteiger charge is 2.26. The SMILES string of the molecule is CC(C)C(=O)NC(Cc1c[nH]c2ccccc12)C(=O)N(C)CCCOc1ccc(Cl)cc1. The molecule has 32 heavy (non-hydrogen) atoms. The number of carbonyl (C=O) groups is 2. The summed E-state index contributed by atoms with van der Waals surface area (Å²) in [5.74, 6) is 0.287. The standard InChI is InChI=1S/C25H30ClN3O3/c1-17(2)24(30)28-23(15-18-16-27-22-8-5-4-7-21(18)22)25(31)29(3)13-6-14-32-20-11-9-19(26)10-12-20/h4-5,7-12,16-17,23,27H,6,13-15H2,1-3H3,(H,28,30). The normalized spacial score (nSPS) is 12.0. The second-order valence-corrected chi connectivity index (χ2v) is 8.63. The molecule has 0 radical (unpaired) electrons. The summed E-state index contributed by atoms with van der Waals surface area (Å²) in [6, 6.07) is 14.5. The molecule has 0 saturated heterocycles. The first-order valence-corrected chi connectivity index (χ1v) is 11.2. The van der Waals surface area contributed by atoms with Gasteiger partial charge in [0.1, 0.15) is 11.8 Å². The maximum Gasteiger partial charge on any atom is 0.245 e. The molecule has 1 atom stereocenters. The van der Waals surface area contributed by atoms with Crippen LogP contribution in [-0.2, 0) is 16.0 Å². The van der Waals surface area contributed by atoms with Gasteiger partial charge >= 0.3 is 0 Å². The maximum atomic E-state index is 13.2. The lowest BCUT2D eigenvalue weighted by Gasteiger charge is -2.25. The van der Waals surface area contributed by atoms with E-state index in [0.29, 0.717) is 31.0 Å². The Balaban J connectivity index is 1.61. The van der Waals surface area contributed by atoms with Gasteiger partial charge in [0.2, 0.25) is 11.8 Å². The molecule has 3 rings (SSSR count). The molecule has 0 spiro atoms. The van der Waals surface area contributed by atoms with Crippen LogP contribution in [0.5, 0.6) is 5.75 Å². The van der Waals surface area contributed by atoms with E-state index >= 15 is 0 Å². The second kappa shape index (κ2) is 11.0. The van der Waals surface area contributed by atoms with Crippen molar-refractivity contribution in [2.45, 2.75) is 32.7 Å². The van der Waals surface area contributed by atoms with Gasteiger partial charge in [0.25, 0.3) is 0 Å². The number of para-hydroxylation sites is 1. The number of carbonyl (C=O) groups excluding carboxylic acids is 2. The Morgan fingerprint density at radius 3 is 2.56 bits per heavy atom. The average molecular weight is 456 g/mol. The number of nitrogens with zero attached hydrogens (tertiary/aromatic N) is 1. The van der Waals surface area contributed by atoms with E-state index in [0.717, 1.165) is 22.2 Å². The van der Waals surface area contributed by atoms with Gasteiger partial charge in [-0.3, -0.25) is 9.59 Å². The number of benzene rings is 2. The third-order valence-corrected chi connectivity index (χ3v) is 5.59. The van der Waals surface area contributed by atoms with Crippen molar-refractivity contribution in [3.8, 4) is 5.75 Å². The summed E-state index contributed by atoms with van der Waals surface area (Å²) in [6.45, 7) is 4.64. The van der Waals surface area contributed by atoms with Crippen LogP contribution in [0.2, 0.25) is 5.02 Å². The van der Waals surface area contributed by atoms with Crippen LogP contribution in [0.4, 0.5) is 0 Å². The quantitative estimate of drug-likeness (QED) is 0.444. The molecule has 0 aliphatic rings. The summed E-state index contributed by atoms with van der Waals surface area (Å²) in [5.41, 5.74) is 2.01. The van der Waals surface area contributed by atoms with Crippen molar-refractivity contribution in [1.82, 2.24) is 15.2 Å². The van der Waals surface area contributed by atoms with E-state index in [1.54, 1.807) is 24.1 Å². The zero-order chi connectivity index (χ0) is 23.1. The Kier molecular flexibility index (Phi) is 8.17. The summed E-state index contributed by atoms with van der Waals surface area (Å²) in [7, 11) is 1.76. The number of fused-ring (bicyclic) bond motifs is 1. The second-order valence-electron chi connectivity index (χ2n) is 8.20. The predicted molar refractivity (Wildman–Crippen MR) is 128 cm³/mol. The third kappa shape index (κ3) is 6.26. The van der Waals surface area contributed by atoms with Crippen molar-refractivity contribution < 1.29 is 14.3 Å². The van der Waals surface area contributed by atoms with E-state index in [2.05, 4.69) is 10.3 Å². The molecule has 0 aliphatic heterocycles. The molecular formula is C25H30ClN3O3. The number of amides is 2. The third-order valence-electron chi connectivity index (χ3n) is 5.33. The summed E-state index contributed by atoms with van der Waals surface area (Å²) in [4.78, 5) is 30.5. The highest BCUT2D eigenvalue weighted by molar-refractivity contribution is 6.30. The molecule has 0 aliphatic carbocycles. The summed E-state index contributed by atoms with van der Waals surface area (Å²) in [6.07, 6.45) is 3.00. The van der Waals surface area contributed by atoms with Crippen LogP contribution in [0.3, 0.4) is 0 Å². The Morgan fingerprint density at radius 1 is 1.12 bits per heavy atom. The van der Waals surface area contributed by atoms with Gasteiger partial charge < -0.3 is 19.9 Å². The molecule has 1 unspecified atom stereocenters. The number of H-pyrrole nitrogens is 1. The zero-order valence-electron chi connectivity index (χ0n) is 18.7. The number of nitrogens with one attached hydrogen (secondary N) is 2. The lowest BCUT2D eigenvalue weighted by molar-refractivity contribution is -0.136. The zero-order valence-corrected chi connectivity index (χ0v) is 19.5. The van der Waals surface area contributed by atoms with Crippen LogP contribution in [0.1, 0.15) is 25.8 Å². The van der Waals surface area contributed by atoms with E-state index in [4.69, 9.17) is 16.3 Å². The van der Waals surface area contributed by atoms with Gasteiger partial charge in [0.15, 0.2) is 0 Å². The molecule has 1 heterocycles. The van der Waals surface area contributed by atoms with Gasteiger partial charge in [-0.15, -0.1) is 0 Å². The number of halogens is 1. The van der Waals surface area contributed by atoms with E-state index in [9.17, 15) is 9.59 Å². The Bertz CT molecular complexity index is 1050. The van der Waals surface area contributed by atoms with E-state index in [-0.39, 0.29) is 17.7 Å². The molecular weight excluding hydrogens is 426 g/mol. The van der Waals surface area contributed by atoms with Gasteiger partial charge in [0, 0.05) is 48.1 Å². The Hall–Kier alpha value is -2.99. The van der Waals surface area contributed by atoms with Crippen LogP contribution in [0.15, 0.2) is 54.7 Å². The molecule has 2 amide bonds. The topological polar surface area (TPSA) is 74.4 Å². The van der Waals surface area contributed by atoms with Gasteiger partial charge in [-0.05, 0) is 42.3 Å². The minimum atomic E-state index is -0.633.